The zero-order chi connectivity index (χ0) is 22.8. The largest absolute Gasteiger partial charge is 0.326 e. The average molecular weight is 459 g/mol. The summed E-state index contributed by atoms with van der Waals surface area (Å²) in [6.45, 7) is 0.508. The van der Waals surface area contributed by atoms with Crippen molar-refractivity contribution in [3.05, 3.63) is 89.0 Å². The molecular formula is C24H19ClN6O2. The number of carbonyl (C=O) groups excluding carboxylic acids is 2. The topological polar surface area (TPSA) is 104 Å². The Labute approximate surface area is 194 Å². The van der Waals surface area contributed by atoms with E-state index in [1.807, 2.05) is 12.1 Å². The molecule has 0 saturated heterocycles. The Hall–Kier alpha value is -4.04. The lowest BCUT2D eigenvalue weighted by atomic mass is 10.1. The summed E-state index contributed by atoms with van der Waals surface area (Å²) in [5.74, 6) is -0.353. The van der Waals surface area contributed by atoms with Gasteiger partial charge < -0.3 is 10.2 Å². The molecule has 1 aromatic carbocycles. The van der Waals surface area contributed by atoms with Crippen LogP contribution in [-0.2, 0) is 17.6 Å². The number of fused-ring (bicyclic) bond motifs is 3. The SMILES string of the molecule is O=C(Cc1cccnc1Cl)Nc1ccc(C(=O)N2CCc3cn[nH]c3-c3ncccc32)cc1. The molecule has 0 saturated carbocycles. The van der Waals surface area contributed by atoms with Crippen LogP contribution in [0.3, 0.4) is 0 Å². The molecule has 0 aliphatic carbocycles. The highest BCUT2D eigenvalue weighted by Crippen LogP contribution is 2.33. The number of pyridine rings is 2. The zero-order valence-electron chi connectivity index (χ0n) is 17.5. The summed E-state index contributed by atoms with van der Waals surface area (Å²) in [5.41, 5.74) is 5.06. The third-order valence-electron chi connectivity index (χ3n) is 5.48. The number of hydrogen-bond donors (Lipinski definition) is 2. The van der Waals surface area contributed by atoms with Crippen LogP contribution in [0.5, 0.6) is 0 Å². The van der Waals surface area contributed by atoms with Crippen molar-refractivity contribution in [2.24, 2.45) is 0 Å². The maximum Gasteiger partial charge on any atom is 0.258 e. The lowest BCUT2D eigenvalue weighted by Gasteiger charge is -2.22. The van der Waals surface area contributed by atoms with E-state index < -0.39 is 0 Å². The van der Waals surface area contributed by atoms with Crippen molar-refractivity contribution in [2.75, 3.05) is 16.8 Å². The van der Waals surface area contributed by atoms with Crippen LogP contribution in [-0.4, -0.2) is 38.5 Å². The molecule has 1 aliphatic rings. The normalized spacial score (nSPS) is 12.5. The van der Waals surface area contributed by atoms with E-state index in [1.54, 1.807) is 59.9 Å². The summed E-state index contributed by atoms with van der Waals surface area (Å²) in [6.07, 6.45) is 5.83. The third-order valence-corrected chi connectivity index (χ3v) is 5.83. The molecule has 1 aliphatic heterocycles. The molecule has 4 aromatic rings. The molecule has 0 unspecified atom stereocenters. The minimum atomic E-state index is -0.216. The Kier molecular flexibility index (Phi) is 5.58. The van der Waals surface area contributed by atoms with E-state index in [1.165, 1.54) is 0 Å². The number of benzene rings is 1. The van der Waals surface area contributed by atoms with Gasteiger partial charge in [-0.3, -0.25) is 19.7 Å². The summed E-state index contributed by atoms with van der Waals surface area (Å²) < 4.78 is 0. The standard InChI is InChI=1S/C24H19ClN6O2/c25-23-16(3-1-11-27-23)13-20(32)29-18-7-5-15(6-8-18)24(33)31-12-9-17-14-28-30-21(17)22-19(31)4-2-10-26-22/h1-8,10-11,14H,9,12-13H2,(H,28,30)(H,29,32). The van der Waals surface area contributed by atoms with Crippen LogP contribution < -0.4 is 10.2 Å². The smallest absolute Gasteiger partial charge is 0.258 e. The first-order valence-corrected chi connectivity index (χ1v) is 10.8. The highest BCUT2D eigenvalue weighted by Gasteiger charge is 2.26. The van der Waals surface area contributed by atoms with E-state index in [-0.39, 0.29) is 18.2 Å². The van der Waals surface area contributed by atoms with Crippen molar-refractivity contribution in [3.63, 3.8) is 0 Å². The van der Waals surface area contributed by atoms with E-state index in [4.69, 9.17) is 11.6 Å². The third kappa shape index (κ3) is 4.20. The first-order valence-electron chi connectivity index (χ1n) is 10.4. The fourth-order valence-corrected chi connectivity index (χ4v) is 4.04. The van der Waals surface area contributed by atoms with Gasteiger partial charge in [0.2, 0.25) is 5.91 Å². The summed E-state index contributed by atoms with van der Waals surface area (Å²) in [7, 11) is 0. The van der Waals surface area contributed by atoms with Crippen LogP contribution in [0.25, 0.3) is 11.4 Å². The number of anilines is 2. The van der Waals surface area contributed by atoms with Gasteiger partial charge in [0.15, 0.2) is 0 Å². The van der Waals surface area contributed by atoms with Crippen LogP contribution in [0, 0.1) is 0 Å². The molecule has 2 amide bonds. The molecule has 5 rings (SSSR count). The zero-order valence-corrected chi connectivity index (χ0v) is 18.2. The lowest BCUT2D eigenvalue weighted by Crippen LogP contribution is -2.32. The number of nitrogens with one attached hydrogen (secondary N) is 2. The number of carbonyl (C=O) groups is 2. The lowest BCUT2D eigenvalue weighted by molar-refractivity contribution is -0.115. The molecule has 0 radical (unpaired) electrons. The van der Waals surface area contributed by atoms with Crippen LogP contribution in [0.2, 0.25) is 5.15 Å². The van der Waals surface area contributed by atoms with E-state index in [9.17, 15) is 9.59 Å². The Morgan fingerprint density at radius 2 is 1.85 bits per heavy atom. The first-order chi connectivity index (χ1) is 16.1. The number of halogens is 1. The molecule has 164 valence electrons. The predicted molar refractivity (Wildman–Crippen MR) is 125 cm³/mol. The van der Waals surface area contributed by atoms with Crippen LogP contribution >= 0.6 is 11.6 Å². The first kappa shape index (κ1) is 20.8. The van der Waals surface area contributed by atoms with Crippen molar-refractivity contribution in [1.29, 1.82) is 0 Å². The van der Waals surface area contributed by atoms with Gasteiger partial charge in [-0.05, 0) is 54.4 Å². The van der Waals surface area contributed by atoms with Gasteiger partial charge >= 0.3 is 0 Å². The van der Waals surface area contributed by atoms with Gasteiger partial charge in [-0.15, -0.1) is 0 Å². The number of nitrogens with zero attached hydrogens (tertiary/aromatic N) is 4. The Bertz CT molecular complexity index is 1330. The molecule has 33 heavy (non-hydrogen) atoms. The van der Waals surface area contributed by atoms with Crippen LogP contribution in [0.1, 0.15) is 21.5 Å². The van der Waals surface area contributed by atoms with E-state index in [2.05, 4.69) is 25.5 Å². The second kappa shape index (κ2) is 8.84. The van der Waals surface area contributed by atoms with Crippen molar-refractivity contribution in [2.45, 2.75) is 12.8 Å². The number of amides is 2. The van der Waals surface area contributed by atoms with Gasteiger partial charge in [0.1, 0.15) is 10.8 Å². The minimum Gasteiger partial charge on any atom is -0.326 e. The highest BCUT2D eigenvalue weighted by atomic mass is 35.5. The Morgan fingerprint density at radius 3 is 2.67 bits per heavy atom. The van der Waals surface area contributed by atoms with Crippen LogP contribution in [0.4, 0.5) is 11.4 Å². The second-order valence-electron chi connectivity index (χ2n) is 7.60. The monoisotopic (exact) mass is 458 g/mol. The number of aromatic nitrogens is 4. The van der Waals surface area contributed by atoms with Gasteiger partial charge in [-0.2, -0.15) is 5.10 Å². The van der Waals surface area contributed by atoms with Gasteiger partial charge in [-0.25, -0.2) is 4.98 Å². The molecule has 0 fully saturated rings. The quantitative estimate of drug-likeness (QED) is 0.451. The number of hydrogen-bond acceptors (Lipinski definition) is 5. The van der Waals surface area contributed by atoms with Crippen molar-refractivity contribution in [3.8, 4) is 11.4 Å². The molecule has 3 aromatic heterocycles. The number of aromatic amines is 1. The molecule has 8 nitrogen and oxygen atoms in total. The average Bonchev–Trinajstić information content (AvgIpc) is 3.24. The van der Waals surface area contributed by atoms with Gasteiger partial charge in [0.25, 0.3) is 5.91 Å². The Morgan fingerprint density at radius 1 is 1.06 bits per heavy atom. The number of H-pyrrole nitrogens is 1. The summed E-state index contributed by atoms with van der Waals surface area (Å²) >= 11 is 6.03. The fourth-order valence-electron chi connectivity index (χ4n) is 3.86. The van der Waals surface area contributed by atoms with Gasteiger partial charge in [0.05, 0.1) is 24.0 Å². The highest BCUT2D eigenvalue weighted by molar-refractivity contribution is 6.30. The summed E-state index contributed by atoms with van der Waals surface area (Å²) in [5, 5.41) is 10.3. The summed E-state index contributed by atoms with van der Waals surface area (Å²) in [4.78, 5) is 35.9. The Balaban J connectivity index is 1.32. The summed E-state index contributed by atoms with van der Waals surface area (Å²) in [6, 6.07) is 14.0. The molecule has 0 atom stereocenters. The van der Waals surface area contributed by atoms with Crippen molar-refractivity contribution in [1.82, 2.24) is 20.2 Å². The minimum absolute atomic E-state index is 0.111. The molecule has 9 heteroatoms. The van der Waals surface area contributed by atoms with E-state index in [0.29, 0.717) is 40.6 Å². The van der Waals surface area contributed by atoms with Crippen LogP contribution in [0.15, 0.2) is 67.1 Å². The molecule has 2 N–H and O–H groups in total. The second-order valence-corrected chi connectivity index (χ2v) is 7.96. The molecular weight excluding hydrogens is 440 g/mol. The fraction of sp³-hybridized carbons (Fsp3) is 0.125. The van der Waals surface area contributed by atoms with E-state index in [0.717, 1.165) is 16.9 Å². The van der Waals surface area contributed by atoms with Crippen molar-refractivity contribution >= 4 is 34.8 Å². The molecule has 0 spiro atoms. The van der Waals surface area contributed by atoms with Crippen molar-refractivity contribution < 1.29 is 9.59 Å². The van der Waals surface area contributed by atoms with Gasteiger partial charge in [0, 0.05) is 35.8 Å². The molecule has 4 heterocycles. The van der Waals surface area contributed by atoms with Gasteiger partial charge in [-0.1, -0.05) is 17.7 Å². The molecule has 0 bridgehead atoms. The number of rotatable bonds is 4. The predicted octanol–water partition coefficient (Wildman–Crippen LogP) is 3.90. The maximum atomic E-state index is 13.4. The van der Waals surface area contributed by atoms with E-state index >= 15 is 0 Å². The maximum absolute atomic E-state index is 13.4.